The Bertz CT molecular complexity index is 1060. The smallest absolute Gasteiger partial charge is 0.443 e. The minimum Gasteiger partial charge on any atom is -0.506 e. The van der Waals surface area contributed by atoms with Gasteiger partial charge < -0.3 is 15.9 Å². The maximum Gasteiger partial charge on any atom is 0.443 e. The second-order valence-corrected chi connectivity index (χ2v) is 6.59. The molecule has 1 atom stereocenters. The molecular weight excluding hydrogens is 474 g/mol. The summed E-state index contributed by atoms with van der Waals surface area (Å²) in [5, 5.41) is 18.1. The van der Waals surface area contributed by atoms with E-state index < -0.39 is 40.0 Å². The standard InChI is InChI=1S/C17H11Cl2F5N4O3/c18-11-2-9(16(20,28-24)17(21,22)23)3-12(29)13(11)26-6-8(4-25)7-1-10(15(30)31)14(19)27-5-7/h1-6,28-29H,25H2,(H,30,31)/b8-4+,26-6?. The maximum atomic E-state index is 14.1. The first-order chi connectivity index (χ1) is 14.4. The Morgan fingerprint density at radius 2 is 1.87 bits per heavy atom. The van der Waals surface area contributed by atoms with E-state index in [9.17, 15) is 31.9 Å². The van der Waals surface area contributed by atoms with E-state index in [2.05, 4.69) is 9.98 Å². The average molecular weight is 485 g/mol. The molecule has 0 aliphatic heterocycles. The van der Waals surface area contributed by atoms with Crippen LogP contribution in [0.1, 0.15) is 21.5 Å². The predicted molar refractivity (Wildman–Crippen MR) is 103 cm³/mol. The van der Waals surface area contributed by atoms with E-state index in [1.807, 2.05) is 0 Å². The fourth-order valence-electron chi connectivity index (χ4n) is 2.29. The molecule has 0 aliphatic rings. The fourth-order valence-corrected chi connectivity index (χ4v) is 2.73. The third-order valence-electron chi connectivity index (χ3n) is 3.88. The molecule has 0 aliphatic carbocycles. The van der Waals surface area contributed by atoms with Gasteiger partial charge in [-0.05, 0) is 18.2 Å². The minimum atomic E-state index is -5.71. The molecular formula is C17H11Cl2F5N4O3. The number of aliphatic imine (C=N–C) groups is 1. The number of carboxylic acids is 1. The zero-order valence-corrected chi connectivity index (χ0v) is 16.4. The van der Waals surface area contributed by atoms with Crippen LogP contribution >= 0.6 is 23.2 Å². The third kappa shape index (κ3) is 4.86. The van der Waals surface area contributed by atoms with Crippen molar-refractivity contribution in [2.24, 2.45) is 10.7 Å². The van der Waals surface area contributed by atoms with Crippen molar-refractivity contribution in [2.45, 2.75) is 12.0 Å². The van der Waals surface area contributed by atoms with Crippen LogP contribution in [0.4, 0.5) is 27.7 Å². The number of carboxylic acid groups (broad SMARTS) is 1. The van der Waals surface area contributed by atoms with E-state index >= 15 is 0 Å². The summed E-state index contributed by atoms with van der Waals surface area (Å²) in [5.41, 5.74) is 3.50. The lowest BCUT2D eigenvalue weighted by atomic mass is 10.0. The van der Waals surface area contributed by atoms with Gasteiger partial charge in [-0.2, -0.15) is 13.2 Å². The van der Waals surface area contributed by atoms with Gasteiger partial charge in [0.1, 0.15) is 16.6 Å². The second kappa shape index (κ2) is 9.04. The van der Waals surface area contributed by atoms with Crippen molar-refractivity contribution in [1.29, 1.82) is 0 Å². The molecule has 0 radical (unpaired) electrons. The molecule has 166 valence electrons. The normalized spacial score (nSPS) is 14.6. The highest BCUT2D eigenvalue weighted by atomic mass is 35.5. The number of aromatic nitrogens is 1. The monoisotopic (exact) mass is 484 g/mol. The second-order valence-electron chi connectivity index (χ2n) is 5.82. The van der Waals surface area contributed by atoms with Gasteiger partial charge >= 0.3 is 17.9 Å². The lowest BCUT2D eigenvalue weighted by molar-refractivity contribution is -0.264. The Kier molecular flexibility index (Phi) is 7.09. The molecule has 2 rings (SSSR count). The quantitative estimate of drug-likeness (QED) is 0.155. The van der Waals surface area contributed by atoms with E-state index in [0.717, 1.165) is 24.7 Å². The average Bonchev–Trinajstić information content (AvgIpc) is 2.69. The fraction of sp³-hybridized carbons (Fsp3) is 0.118. The first kappa shape index (κ1) is 24.3. The van der Waals surface area contributed by atoms with Gasteiger partial charge in [0, 0.05) is 35.3 Å². The summed E-state index contributed by atoms with van der Waals surface area (Å²) in [6.07, 6.45) is -2.57. The van der Waals surface area contributed by atoms with E-state index in [1.54, 1.807) is 0 Å². The molecule has 7 nitrogen and oxygen atoms in total. The molecule has 0 bridgehead atoms. The Labute approximate surface area is 180 Å². The summed E-state index contributed by atoms with van der Waals surface area (Å²) in [6.45, 7) is 0. The molecule has 0 saturated carbocycles. The molecule has 5 N–H and O–H groups in total. The van der Waals surface area contributed by atoms with Crippen molar-refractivity contribution >= 4 is 46.6 Å². The number of benzene rings is 1. The third-order valence-corrected chi connectivity index (χ3v) is 4.47. The molecule has 0 spiro atoms. The van der Waals surface area contributed by atoms with Gasteiger partial charge in [-0.1, -0.05) is 23.2 Å². The zero-order chi connectivity index (χ0) is 23.6. The number of pyridine rings is 1. The molecule has 0 amide bonds. The number of nitrogens with two attached hydrogens (primary N) is 1. The van der Waals surface area contributed by atoms with Gasteiger partial charge in [0.15, 0.2) is 0 Å². The number of phenolic OH excluding ortho intramolecular Hbond substituents is 1. The SMILES string of the molecule is N/C=C(\C=Nc1c(O)cc(C(F)(NF)C(F)(F)F)cc1Cl)c1cnc(Cl)c(C(=O)O)c1. The maximum absolute atomic E-state index is 14.1. The largest absolute Gasteiger partial charge is 0.506 e. The molecule has 1 aromatic heterocycles. The van der Waals surface area contributed by atoms with Crippen molar-refractivity contribution in [1.82, 2.24) is 10.5 Å². The van der Waals surface area contributed by atoms with Gasteiger partial charge in [-0.25, -0.2) is 14.2 Å². The number of alkyl halides is 4. The number of carbonyl (C=O) groups is 1. The van der Waals surface area contributed by atoms with Crippen molar-refractivity contribution in [3.8, 4) is 5.75 Å². The van der Waals surface area contributed by atoms with Crippen LogP contribution < -0.4 is 11.3 Å². The predicted octanol–water partition coefficient (Wildman–Crippen LogP) is 4.65. The van der Waals surface area contributed by atoms with Crippen LogP contribution in [0, 0.1) is 0 Å². The number of nitrogens with one attached hydrogen (secondary N) is 1. The van der Waals surface area contributed by atoms with Gasteiger partial charge in [-0.3, -0.25) is 4.99 Å². The Morgan fingerprint density at radius 1 is 1.23 bits per heavy atom. The molecule has 2 aromatic rings. The zero-order valence-electron chi connectivity index (χ0n) is 14.9. The Balaban J connectivity index is 2.47. The number of phenols is 1. The van der Waals surface area contributed by atoms with Crippen LogP contribution in [0.25, 0.3) is 5.57 Å². The highest BCUT2D eigenvalue weighted by Crippen LogP contribution is 2.45. The van der Waals surface area contributed by atoms with E-state index in [0.29, 0.717) is 6.07 Å². The summed E-state index contributed by atoms with van der Waals surface area (Å²) in [5.74, 6) is -7.00. The van der Waals surface area contributed by atoms with Crippen molar-refractivity contribution < 1.29 is 37.1 Å². The van der Waals surface area contributed by atoms with Crippen molar-refractivity contribution in [3.05, 3.63) is 57.5 Å². The lowest BCUT2D eigenvalue weighted by Gasteiger charge is -2.25. The van der Waals surface area contributed by atoms with Crippen LogP contribution in [0.3, 0.4) is 0 Å². The molecule has 1 aromatic carbocycles. The first-order valence-corrected chi connectivity index (χ1v) is 8.63. The molecule has 14 heteroatoms. The van der Waals surface area contributed by atoms with E-state index in [4.69, 9.17) is 34.0 Å². The highest BCUT2D eigenvalue weighted by Gasteiger charge is 2.58. The van der Waals surface area contributed by atoms with E-state index in [1.165, 1.54) is 0 Å². The molecule has 1 heterocycles. The number of nitrogens with zero attached hydrogens (tertiary/aromatic N) is 2. The number of allylic oxidation sites excluding steroid dienone is 1. The molecule has 31 heavy (non-hydrogen) atoms. The summed E-state index contributed by atoms with van der Waals surface area (Å²) < 4.78 is 65.2. The lowest BCUT2D eigenvalue weighted by Crippen LogP contribution is -2.46. The number of aromatic carboxylic acids is 1. The molecule has 0 fully saturated rings. The van der Waals surface area contributed by atoms with Gasteiger partial charge in [0.05, 0.1) is 10.6 Å². The summed E-state index contributed by atoms with van der Waals surface area (Å²) in [7, 11) is 0. The van der Waals surface area contributed by atoms with Gasteiger partial charge in [0.2, 0.25) is 0 Å². The Hall–Kier alpha value is -2.96. The van der Waals surface area contributed by atoms with Crippen LogP contribution in [-0.2, 0) is 5.79 Å². The van der Waals surface area contributed by atoms with Gasteiger partial charge in [0.25, 0.3) is 0 Å². The van der Waals surface area contributed by atoms with Crippen LogP contribution in [-0.4, -0.2) is 33.6 Å². The van der Waals surface area contributed by atoms with Crippen molar-refractivity contribution in [3.63, 3.8) is 0 Å². The van der Waals surface area contributed by atoms with Gasteiger partial charge in [-0.15, -0.1) is 10.0 Å². The van der Waals surface area contributed by atoms with Crippen molar-refractivity contribution in [2.75, 3.05) is 0 Å². The highest BCUT2D eigenvalue weighted by molar-refractivity contribution is 6.34. The number of rotatable bonds is 6. The number of hydrogen-bond acceptors (Lipinski definition) is 6. The number of aromatic hydroxyl groups is 1. The Morgan fingerprint density at radius 3 is 2.35 bits per heavy atom. The summed E-state index contributed by atoms with van der Waals surface area (Å²) in [6, 6.07) is 1.84. The van der Waals surface area contributed by atoms with Crippen LogP contribution in [0.15, 0.2) is 35.6 Å². The summed E-state index contributed by atoms with van der Waals surface area (Å²) in [4.78, 5) is 18.6. The number of halogens is 7. The van der Waals surface area contributed by atoms with E-state index in [-0.39, 0.29) is 33.5 Å². The molecule has 1 unspecified atom stereocenters. The summed E-state index contributed by atoms with van der Waals surface area (Å²) >= 11 is 11.5. The molecule has 0 saturated heterocycles. The first-order valence-electron chi connectivity index (χ1n) is 7.87. The number of hydrogen-bond donors (Lipinski definition) is 4. The minimum absolute atomic E-state index is 0.0172. The topological polar surface area (TPSA) is 121 Å². The van der Waals surface area contributed by atoms with Crippen LogP contribution in [0.2, 0.25) is 10.2 Å². The van der Waals surface area contributed by atoms with Crippen LogP contribution in [0.5, 0.6) is 5.75 Å².